The average molecular weight is 348 g/mol. The minimum atomic E-state index is -0.700. The van der Waals surface area contributed by atoms with Gasteiger partial charge in [-0.25, -0.2) is 13.8 Å². The van der Waals surface area contributed by atoms with Crippen molar-refractivity contribution in [2.75, 3.05) is 6.61 Å². The number of rotatable bonds is 4. The Morgan fingerprint density at radius 1 is 1.09 bits per heavy atom. The lowest BCUT2D eigenvalue weighted by Crippen LogP contribution is -1.98. The van der Waals surface area contributed by atoms with E-state index in [0.29, 0.717) is 24.0 Å². The minimum absolute atomic E-state index is 0.0235. The van der Waals surface area contributed by atoms with Crippen LogP contribution in [0.1, 0.15) is 25.8 Å². The molecule has 1 N–H and O–H groups in total. The Morgan fingerprint density at radius 2 is 1.77 bits per heavy atom. The monoisotopic (exact) mass is 347 g/mol. The summed E-state index contributed by atoms with van der Waals surface area (Å²) in [5.74, 6) is -1.36. The number of pyridine rings is 1. The fraction of sp³-hybridized carbons (Fsp3) is 0.312. The zero-order chi connectivity index (χ0) is 16.7. The van der Waals surface area contributed by atoms with Crippen molar-refractivity contribution in [3.63, 3.8) is 0 Å². The molecule has 0 atom stereocenters. The number of hydrogen-bond donors (Lipinski definition) is 1. The van der Waals surface area contributed by atoms with E-state index >= 15 is 0 Å². The van der Waals surface area contributed by atoms with Gasteiger partial charge in [0.25, 0.3) is 0 Å². The van der Waals surface area contributed by atoms with Crippen molar-refractivity contribution in [1.82, 2.24) is 4.98 Å². The van der Waals surface area contributed by atoms with E-state index in [-0.39, 0.29) is 22.5 Å². The molecule has 22 heavy (non-hydrogen) atoms. The Bertz CT molecular complexity index is 636. The number of aliphatic hydroxyl groups is 1. The molecule has 1 aromatic heterocycles. The molecular weight excluding hydrogens is 331 g/mol. The summed E-state index contributed by atoms with van der Waals surface area (Å²) in [4.78, 5) is 3.91. The molecular formula is C16H17Cl2F2NO. The van der Waals surface area contributed by atoms with Crippen molar-refractivity contribution < 1.29 is 13.9 Å². The molecule has 120 valence electrons. The first kappa shape index (κ1) is 18.8. The first-order chi connectivity index (χ1) is 10.5. The molecule has 1 heterocycles. The maximum atomic E-state index is 13.9. The molecule has 0 saturated heterocycles. The van der Waals surface area contributed by atoms with Crippen LogP contribution < -0.4 is 0 Å². The Morgan fingerprint density at radius 3 is 2.36 bits per heavy atom. The maximum absolute atomic E-state index is 13.9. The summed E-state index contributed by atoms with van der Waals surface area (Å²) < 4.78 is 26.9. The van der Waals surface area contributed by atoms with Crippen molar-refractivity contribution in [2.24, 2.45) is 0 Å². The molecule has 0 unspecified atom stereocenters. The van der Waals surface area contributed by atoms with Crippen molar-refractivity contribution >= 4 is 23.2 Å². The largest absolute Gasteiger partial charge is 0.396 e. The minimum Gasteiger partial charge on any atom is -0.396 e. The number of aromatic nitrogens is 1. The molecule has 0 aliphatic heterocycles. The van der Waals surface area contributed by atoms with Crippen LogP contribution in [-0.2, 0) is 6.42 Å². The zero-order valence-electron chi connectivity index (χ0n) is 12.3. The molecule has 2 rings (SSSR count). The number of hydrogen-bond acceptors (Lipinski definition) is 2. The SMILES string of the molecule is CC.OCCCc1c(-c2ccc(F)cc2F)cc(Cl)nc1Cl. The summed E-state index contributed by atoms with van der Waals surface area (Å²) in [6, 6.07) is 4.77. The molecule has 0 amide bonds. The molecule has 2 nitrogen and oxygen atoms in total. The Kier molecular flexibility index (Phi) is 7.73. The first-order valence-corrected chi connectivity index (χ1v) is 7.69. The van der Waals surface area contributed by atoms with Crippen molar-refractivity contribution in [2.45, 2.75) is 26.7 Å². The number of nitrogens with zero attached hydrogens (tertiary/aromatic N) is 1. The van der Waals surface area contributed by atoms with Crippen LogP contribution in [0.15, 0.2) is 24.3 Å². The summed E-state index contributed by atoms with van der Waals surface area (Å²) in [7, 11) is 0. The quantitative estimate of drug-likeness (QED) is 0.762. The number of benzene rings is 1. The molecule has 0 aliphatic rings. The number of aliphatic hydroxyl groups excluding tert-OH is 1. The van der Waals surface area contributed by atoms with Crippen LogP contribution in [0.2, 0.25) is 10.3 Å². The Labute approximate surface area is 138 Å². The second-order valence-corrected chi connectivity index (χ2v) is 4.96. The van der Waals surface area contributed by atoms with Gasteiger partial charge in [-0.1, -0.05) is 37.0 Å². The van der Waals surface area contributed by atoms with Crippen molar-refractivity contribution in [3.05, 3.63) is 51.8 Å². The van der Waals surface area contributed by atoms with E-state index in [0.717, 1.165) is 12.1 Å². The van der Waals surface area contributed by atoms with Gasteiger partial charge in [-0.05, 0) is 42.2 Å². The zero-order valence-corrected chi connectivity index (χ0v) is 13.8. The fourth-order valence-electron chi connectivity index (χ4n) is 1.95. The van der Waals surface area contributed by atoms with Crippen LogP contribution >= 0.6 is 23.2 Å². The molecule has 0 aliphatic carbocycles. The van der Waals surface area contributed by atoms with Gasteiger partial charge in [0, 0.05) is 18.2 Å². The third-order valence-corrected chi connectivity index (χ3v) is 3.36. The van der Waals surface area contributed by atoms with Crippen molar-refractivity contribution in [3.8, 4) is 11.1 Å². The second-order valence-electron chi connectivity index (χ2n) is 4.21. The van der Waals surface area contributed by atoms with Crippen LogP contribution in [0.25, 0.3) is 11.1 Å². The molecule has 0 radical (unpaired) electrons. The standard InChI is InChI=1S/C14H11Cl2F2NO.C2H6/c15-13-7-11(9-4-3-8(17)6-12(9)18)10(2-1-5-20)14(16)19-13;1-2/h3-4,6-7,20H,1-2,5H2;1-2H3. The first-order valence-electron chi connectivity index (χ1n) is 6.94. The fourth-order valence-corrected chi connectivity index (χ4v) is 2.48. The highest BCUT2D eigenvalue weighted by Crippen LogP contribution is 2.33. The lowest BCUT2D eigenvalue weighted by Gasteiger charge is -2.12. The summed E-state index contributed by atoms with van der Waals surface area (Å²) in [6.45, 7) is 3.98. The predicted molar refractivity (Wildman–Crippen MR) is 86.4 cm³/mol. The molecule has 6 heteroatoms. The van der Waals surface area contributed by atoms with Gasteiger partial charge < -0.3 is 5.11 Å². The van der Waals surface area contributed by atoms with Gasteiger partial charge in [-0.15, -0.1) is 0 Å². The molecule has 2 aromatic rings. The van der Waals surface area contributed by atoms with Gasteiger partial charge in [0.15, 0.2) is 0 Å². The highest BCUT2D eigenvalue weighted by atomic mass is 35.5. The third-order valence-electron chi connectivity index (χ3n) is 2.85. The predicted octanol–water partition coefficient (Wildman–Crippen LogP) is 5.28. The van der Waals surface area contributed by atoms with Crippen LogP contribution in [0.3, 0.4) is 0 Å². The highest BCUT2D eigenvalue weighted by molar-refractivity contribution is 6.33. The average Bonchev–Trinajstić information content (AvgIpc) is 2.48. The maximum Gasteiger partial charge on any atom is 0.134 e. The summed E-state index contributed by atoms with van der Waals surface area (Å²) in [5.41, 5.74) is 1.24. The normalized spacial score (nSPS) is 10.1. The highest BCUT2D eigenvalue weighted by Gasteiger charge is 2.15. The summed E-state index contributed by atoms with van der Waals surface area (Å²) >= 11 is 11.9. The lowest BCUT2D eigenvalue weighted by atomic mass is 9.98. The molecule has 0 saturated carbocycles. The van der Waals surface area contributed by atoms with E-state index in [4.69, 9.17) is 28.3 Å². The Balaban J connectivity index is 0.00000116. The Hall–Kier alpha value is -1.23. The van der Waals surface area contributed by atoms with Gasteiger partial charge in [0.2, 0.25) is 0 Å². The number of halogens is 4. The van der Waals surface area contributed by atoms with E-state index in [1.165, 1.54) is 12.1 Å². The van der Waals surface area contributed by atoms with Gasteiger partial charge in [0.05, 0.1) is 0 Å². The van der Waals surface area contributed by atoms with Crippen molar-refractivity contribution in [1.29, 1.82) is 0 Å². The van der Waals surface area contributed by atoms with Gasteiger partial charge in [0.1, 0.15) is 21.9 Å². The lowest BCUT2D eigenvalue weighted by molar-refractivity contribution is 0.288. The molecule has 0 bridgehead atoms. The summed E-state index contributed by atoms with van der Waals surface area (Å²) in [5, 5.41) is 9.20. The van der Waals surface area contributed by atoms with Gasteiger partial charge in [-0.2, -0.15) is 0 Å². The van der Waals surface area contributed by atoms with E-state index in [1.807, 2.05) is 13.8 Å². The molecule has 0 fully saturated rings. The smallest absolute Gasteiger partial charge is 0.134 e. The van der Waals surface area contributed by atoms with Crippen LogP contribution in [0.5, 0.6) is 0 Å². The second kappa shape index (κ2) is 9.03. The van der Waals surface area contributed by atoms with Crippen LogP contribution in [0, 0.1) is 11.6 Å². The van der Waals surface area contributed by atoms with Gasteiger partial charge in [-0.3, -0.25) is 0 Å². The molecule has 0 spiro atoms. The van der Waals surface area contributed by atoms with E-state index < -0.39 is 11.6 Å². The third kappa shape index (κ3) is 4.63. The molecule has 1 aromatic carbocycles. The van der Waals surface area contributed by atoms with E-state index in [1.54, 1.807) is 0 Å². The van der Waals surface area contributed by atoms with Gasteiger partial charge >= 0.3 is 0 Å². The van der Waals surface area contributed by atoms with E-state index in [9.17, 15) is 8.78 Å². The van der Waals surface area contributed by atoms with E-state index in [2.05, 4.69) is 4.98 Å². The summed E-state index contributed by atoms with van der Waals surface area (Å²) in [6.07, 6.45) is 0.879. The van der Waals surface area contributed by atoms with Crippen LogP contribution in [0.4, 0.5) is 8.78 Å². The van der Waals surface area contributed by atoms with Crippen LogP contribution in [-0.4, -0.2) is 16.7 Å². The topological polar surface area (TPSA) is 33.1 Å².